The first-order valence-electron chi connectivity index (χ1n) is 7.44. The number of hydrogen-bond acceptors (Lipinski definition) is 5. The number of amides is 1. The second-order valence-electron chi connectivity index (χ2n) is 4.86. The summed E-state index contributed by atoms with van der Waals surface area (Å²) in [5, 5.41) is 7.06. The van der Waals surface area contributed by atoms with Crippen LogP contribution in [0, 0.1) is 0 Å². The fourth-order valence-corrected chi connectivity index (χ4v) is 1.87. The summed E-state index contributed by atoms with van der Waals surface area (Å²) < 4.78 is 5.58. The van der Waals surface area contributed by atoms with E-state index in [2.05, 4.69) is 20.3 Å². The lowest BCUT2D eigenvalue weighted by molar-refractivity contribution is 0.149. The largest absolute Gasteiger partial charge is 0.483 e. The fraction of sp³-hybridized carbons (Fsp3) is 0.312. The molecule has 1 amide bonds. The number of pyridine rings is 1. The second-order valence-corrected chi connectivity index (χ2v) is 4.86. The molecule has 23 heavy (non-hydrogen) atoms. The minimum absolute atomic E-state index is 0.00206. The number of amidine groups is 1. The average Bonchev–Trinajstić information content (AvgIpc) is 2.58. The molecule has 2 aromatic rings. The molecule has 7 nitrogen and oxygen atoms in total. The predicted octanol–water partition coefficient (Wildman–Crippen LogP) is 2.41. The number of nitrogens with one attached hydrogen (secondary N) is 1. The molecule has 1 aromatic carbocycles. The zero-order chi connectivity index (χ0) is 16.5. The van der Waals surface area contributed by atoms with Crippen LogP contribution >= 0.6 is 0 Å². The zero-order valence-electron chi connectivity index (χ0n) is 13.0. The van der Waals surface area contributed by atoms with E-state index in [4.69, 9.17) is 10.5 Å². The van der Waals surface area contributed by atoms with Crippen molar-refractivity contribution in [1.29, 1.82) is 0 Å². The monoisotopic (exact) mass is 316 g/mol. The maximum absolute atomic E-state index is 11.3. The minimum atomic E-state index is -0.631. The highest BCUT2D eigenvalue weighted by Crippen LogP contribution is 2.22. The van der Waals surface area contributed by atoms with Crippen molar-refractivity contribution in [3.8, 4) is 5.75 Å². The first kappa shape index (κ1) is 16.5. The molecule has 0 atom stereocenters. The number of ether oxygens (including phenoxy) is 1. The summed E-state index contributed by atoms with van der Waals surface area (Å²) in [6.07, 6.45) is 2.92. The Kier molecular flexibility index (Phi) is 6.17. The van der Waals surface area contributed by atoms with Gasteiger partial charge in [0.2, 0.25) is 0 Å². The van der Waals surface area contributed by atoms with Crippen LogP contribution in [0.3, 0.4) is 0 Å². The molecule has 0 spiro atoms. The number of nitrogens with zero attached hydrogens (tertiary/aromatic N) is 2. The van der Waals surface area contributed by atoms with Gasteiger partial charge in [0.05, 0.1) is 0 Å². The SMILES string of the molecule is CCCCNC(=O)O/N=C(\N)COc1cccc2cccnc12. The van der Waals surface area contributed by atoms with E-state index >= 15 is 0 Å². The van der Waals surface area contributed by atoms with Gasteiger partial charge in [-0.05, 0) is 18.6 Å². The van der Waals surface area contributed by atoms with Gasteiger partial charge in [-0.15, -0.1) is 0 Å². The number of nitrogens with two attached hydrogens (primary N) is 1. The molecule has 2 rings (SSSR count). The Morgan fingerprint density at radius 3 is 3.00 bits per heavy atom. The first-order valence-corrected chi connectivity index (χ1v) is 7.44. The van der Waals surface area contributed by atoms with E-state index in [1.54, 1.807) is 12.3 Å². The molecule has 7 heteroatoms. The molecule has 3 N–H and O–H groups in total. The van der Waals surface area contributed by atoms with Crippen LogP contribution in [0.15, 0.2) is 41.7 Å². The van der Waals surface area contributed by atoms with Crippen molar-refractivity contribution >= 4 is 22.8 Å². The summed E-state index contributed by atoms with van der Waals surface area (Å²) in [6, 6.07) is 9.39. The first-order chi connectivity index (χ1) is 11.2. The van der Waals surface area contributed by atoms with E-state index in [-0.39, 0.29) is 12.4 Å². The third-order valence-corrected chi connectivity index (χ3v) is 3.02. The number of unbranched alkanes of at least 4 members (excludes halogenated alkanes) is 1. The number of aromatic nitrogens is 1. The summed E-state index contributed by atoms with van der Waals surface area (Å²) in [4.78, 5) is 20.2. The highest BCUT2D eigenvalue weighted by Gasteiger charge is 2.05. The van der Waals surface area contributed by atoms with Gasteiger partial charge in [-0.25, -0.2) is 4.79 Å². The van der Waals surface area contributed by atoms with Crippen molar-refractivity contribution in [2.24, 2.45) is 10.9 Å². The van der Waals surface area contributed by atoms with Crippen LogP contribution in [-0.4, -0.2) is 30.1 Å². The molecule has 0 saturated carbocycles. The van der Waals surface area contributed by atoms with Gasteiger partial charge < -0.3 is 15.8 Å². The van der Waals surface area contributed by atoms with Crippen LogP contribution in [0.25, 0.3) is 10.9 Å². The topological polar surface area (TPSA) is 98.8 Å². The van der Waals surface area contributed by atoms with Crippen LogP contribution in [-0.2, 0) is 4.84 Å². The summed E-state index contributed by atoms with van der Waals surface area (Å²) in [7, 11) is 0. The highest BCUT2D eigenvalue weighted by molar-refractivity contribution is 5.86. The van der Waals surface area contributed by atoms with Gasteiger partial charge in [0.25, 0.3) is 0 Å². The van der Waals surface area contributed by atoms with E-state index in [9.17, 15) is 4.79 Å². The van der Waals surface area contributed by atoms with Crippen LogP contribution in [0.2, 0.25) is 0 Å². The van der Waals surface area contributed by atoms with Gasteiger partial charge in [-0.2, -0.15) is 0 Å². The molecule has 0 bridgehead atoms. The van der Waals surface area contributed by atoms with E-state index in [0.717, 1.165) is 23.7 Å². The molecule has 0 radical (unpaired) electrons. The molecule has 1 heterocycles. The van der Waals surface area contributed by atoms with Crippen LogP contribution in [0.5, 0.6) is 5.75 Å². The van der Waals surface area contributed by atoms with E-state index < -0.39 is 6.09 Å². The molecule has 0 fully saturated rings. The van der Waals surface area contributed by atoms with Gasteiger partial charge in [0, 0.05) is 18.1 Å². The van der Waals surface area contributed by atoms with Gasteiger partial charge in [-0.3, -0.25) is 9.82 Å². The lowest BCUT2D eigenvalue weighted by atomic mass is 10.2. The number of para-hydroxylation sites is 1. The molecular weight excluding hydrogens is 296 g/mol. The van der Waals surface area contributed by atoms with Crippen molar-refractivity contribution in [2.75, 3.05) is 13.2 Å². The van der Waals surface area contributed by atoms with Gasteiger partial charge in [-0.1, -0.05) is 36.7 Å². The summed E-state index contributed by atoms with van der Waals surface area (Å²) in [5.74, 6) is 0.650. The lowest BCUT2D eigenvalue weighted by Gasteiger charge is -2.08. The van der Waals surface area contributed by atoms with E-state index in [0.29, 0.717) is 12.3 Å². The summed E-state index contributed by atoms with van der Waals surface area (Å²) in [5.41, 5.74) is 6.41. The van der Waals surface area contributed by atoms with Gasteiger partial charge in [0.15, 0.2) is 5.84 Å². The second kappa shape index (κ2) is 8.57. The molecule has 0 saturated heterocycles. The number of carbonyl (C=O) groups is 1. The minimum Gasteiger partial charge on any atom is -0.483 e. The van der Waals surface area contributed by atoms with Crippen molar-refractivity contribution in [2.45, 2.75) is 19.8 Å². The average molecular weight is 316 g/mol. The summed E-state index contributed by atoms with van der Waals surface area (Å²) >= 11 is 0. The summed E-state index contributed by atoms with van der Waals surface area (Å²) in [6.45, 7) is 2.57. The van der Waals surface area contributed by atoms with Crippen molar-refractivity contribution in [1.82, 2.24) is 10.3 Å². The molecule has 0 aliphatic heterocycles. The third-order valence-electron chi connectivity index (χ3n) is 3.02. The number of benzene rings is 1. The Hall–Kier alpha value is -2.83. The number of carbonyl (C=O) groups excluding carboxylic acids is 1. The molecule has 1 aromatic heterocycles. The van der Waals surface area contributed by atoms with Gasteiger partial charge in [0.1, 0.15) is 17.9 Å². The molecule has 0 unspecified atom stereocenters. The normalized spacial score (nSPS) is 11.3. The number of hydrogen-bond donors (Lipinski definition) is 2. The molecular formula is C16H20N4O3. The van der Waals surface area contributed by atoms with E-state index in [1.807, 2.05) is 31.2 Å². The highest BCUT2D eigenvalue weighted by atomic mass is 16.7. The number of fused-ring (bicyclic) bond motifs is 1. The van der Waals surface area contributed by atoms with Crippen molar-refractivity contribution < 1.29 is 14.4 Å². The molecule has 122 valence electrons. The predicted molar refractivity (Wildman–Crippen MR) is 88.3 cm³/mol. The zero-order valence-corrected chi connectivity index (χ0v) is 13.0. The Morgan fingerprint density at radius 2 is 2.17 bits per heavy atom. The van der Waals surface area contributed by atoms with Crippen molar-refractivity contribution in [3.05, 3.63) is 36.5 Å². The van der Waals surface area contributed by atoms with E-state index in [1.165, 1.54) is 0 Å². The number of oxime groups is 1. The third kappa shape index (κ3) is 5.14. The fourth-order valence-electron chi connectivity index (χ4n) is 1.87. The Morgan fingerprint density at radius 1 is 1.35 bits per heavy atom. The Balaban J connectivity index is 1.87. The maximum Gasteiger partial charge on any atom is 0.433 e. The smallest absolute Gasteiger partial charge is 0.433 e. The quantitative estimate of drug-likeness (QED) is 0.269. The standard InChI is InChI=1S/C16H20N4O3/c1-2-3-9-19-16(21)23-20-14(17)11-22-13-8-4-6-12-7-5-10-18-15(12)13/h4-8,10H,2-3,9,11H2,1H3,(H2,17,20)(H,19,21). The van der Waals surface area contributed by atoms with Crippen LogP contribution in [0.4, 0.5) is 4.79 Å². The van der Waals surface area contributed by atoms with Gasteiger partial charge >= 0.3 is 6.09 Å². The molecule has 0 aliphatic rings. The Labute approximate surface area is 134 Å². The van der Waals surface area contributed by atoms with Crippen LogP contribution < -0.4 is 15.8 Å². The lowest BCUT2D eigenvalue weighted by Crippen LogP contribution is -2.26. The van der Waals surface area contributed by atoms with Crippen LogP contribution in [0.1, 0.15) is 19.8 Å². The Bertz CT molecular complexity index is 683. The molecule has 0 aliphatic carbocycles. The van der Waals surface area contributed by atoms with Crippen molar-refractivity contribution in [3.63, 3.8) is 0 Å². The maximum atomic E-state index is 11.3. The number of rotatable bonds is 7.